The SMILES string of the molecule is COc1cc(C=CC(=O)OCC2OC(COC(=O)C=Cc3ccc(O)c(OC)c3)(OC3OC(COC(C)=O)C(O)C(O)C3OC(C)=O)C(OC(=O)C=Cc3ccc(O)c(OC)c3)C2O)ccc1O. The third-order valence-electron chi connectivity index (χ3n) is 10.1. The molecule has 2 fully saturated rings. The lowest BCUT2D eigenvalue weighted by Crippen LogP contribution is -2.64. The first kappa shape index (κ1) is 51.8. The molecule has 22 heteroatoms. The minimum Gasteiger partial charge on any atom is -0.504 e. The van der Waals surface area contributed by atoms with Crippen LogP contribution in [-0.2, 0) is 61.9 Å². The maximum Gasteiger partial charge on any atom is 0.331 e. The summed E-state index contributed by atoms with van der Waals surface area (Å²) in [5, 5.41) is 64.0. The smallest absolute Gasteiger partial charge is 0.331 e. The Morgan fingerprint density at radius 1 is 0.588 bits per heavy atom. The van der Waals surface area contributed by atoms with Crippen molar-refractivity contribution in [3.63, 3.8) is 0 Å². The largest absolute Gasteiger partial charge is 0.504 e. The number of ether oxygens (including phenoxy) is 11. The molecule has 5 rings (SSSR count). The van der Waals surface area contributed by atoms with E-state index in [1.165, 1.54) is 94.2 Å². The molecule has 68 heavy (non-hydrogen) atoms. The van der Waals surface area contributed by atoms with Gasteiger partial charge in [-0.15, -0.1) is 0 Å². The number of aromatic hydroxyl groups is 3. The van der Waals surface area contributed by atoms with E-state index in [-0.39, 0.29) is 34.5 Å². The van der Waals surface area contributed by atoms with Gasteiger partial charge in [0.2, 0.25) is 12.1 Å². The minimum atomic E-state index is -2.73. The molecule has 0 amide bonds. The van der Waals surface area contributed by atoms with Gasteiger partial charge < -0.3 is 82.7 Å². The molecular formula is C46H50O22. The minimum absolute atomic E-state index is 0.0668. The van der Waals surface area contributed by atoms with Crippen LogP contribution in [0.5, 0.6) is 34.5 Å². The Balaban J connectivity index is 1.53. The average Bonchev–Trinajstić information content (AvgIpc) is 3.56. The third kappa shape index (κ3) is 13.5. The number of benzene rings is 3. The Morgan fingerprint density at radius 2 is 1.06 bits per heavy atom. The number of carbonyl (C=O) groups is 5. The lowest BCUT2D eigenvalue weighted by Gasteiger charge is -2.44. The van der Waals surface area contributed by atoms with Crippen LogP contribution in [0, 0.1) is 0 Å². The van der Waals surface area contributed by atoms with Crippen LogP contribution in [0.1, 0.15) is 30.5 Å². The van der Waals surface area contributed by atoms with Crippen molar-refractivity contribution in [1.29, 1.82) is 0 Å². The summed E-state index contributed by atoms with van der Waals surface area (Å²) in [6.07, 6.45) is -8.49. The Bertz CT molecular complexity index is 2370. The van der Waals surface area contributed by atoms with Gasteiger partial charge in [-0.25, -0.2) is 14.4 Å². The molecule has 0 bridgehead atoms. The Hall–Kier alpha value is -7.21. The molecule has 2 saturated heterocycles. The van der Waals surface area contributed by atoms with Crippen molar-refractivity contribution in [3.8, 4) is 34.5 Å². The van der Waals surface area contributed by atoms with Crippen LogP contribution in [0.3, 0.4) is 0 Å². The normalized spacial score (nSPS) is 24.6. The molecule has 2 heterocycles. The van der Waals surface area contributed by atoms with Gasteiger partial charge >= 0.3 is 29.8 Å². The van der Waals surface area contributed by atoms with Crippen LogP contribution < -0.4 is 14.2 Å². The molecule has 6 N–H and O–H groups in total. The highest BCUT2D eigenvalue weighted by Crippen LogP contribution is 2.40. The van der Waals surface area contributed by atoms with Gasteiger partial charge in [0.25, 0.3) is 0 Å². The van der Waals surface area contributed by atoms with Crippen molar-refractivity contribution >= 4 is 48.1 Å². The summed E-state index contributed by atoms with van der Waals surface area (Å²) in [5.74, 6) is -8.07. The Morgan fingerprint density at radius 3 is 1.53 bits per heavy atom. The number of aliphatic hydroxyl groups excluding tert-OH is 3. The molecule has 3 aromatic carbocycles. The molecule has 0 radical (unpaired) electrons. The zero-order valence-electron chi connectivity index (χ0n) is 37.1. The number of hydrogen-bond donors (Lipinski definition) is 6. The monoisotopic (exact) mass is 954 g/mol. The van der Waals surface area contributed by atoms with E-state index >= 15 is 0 Å². The lowest BCUT2D eigenvalue weighted by atomic mass is 9.98. The van der Waals surface area contributed by atoms with Gasteiger partial charge in [-0.05, 0) is 71.3 Å². The molecule has 0 aliphatic carbocycles. The van der Waals surface area contributed by atoms with E-state index in [9.17, 15) is 54.6 Å². The highest BCUT2D eigenvalue weighted by molar-refractivity contribution is 5.88. The van der Waals surface area contributed by atoms with E-state index in [2.05, 4.69) is 0 Å². The molecule has 0 spiro atoms. The fourth-order valence-corrected chi connectivity index (χ4v) is 6.72. The predicted octanol–water partition coefficient (Wildman–Crippen LogP) is 1.68. The van der Waals surface area contributed by atoms with E-state index in [0.717, 1.165) is 32.1 Å². The van der Waals surface area contributed by atoms with Crippen LogP contribution in [0.2, 0.25) is 0 Å². The second-order valence-corrected chi connectivity index (χ2v) is 14.9. The summed E-state index contributed by atoms with van der Waals surface area (Å²) in [4.78, 5) is 64.2. The molecular weight excluding hydrogens is 904 g/mol. The fourth-order valence-electron chi connectivity index (χ4n) is 6.72. The summed E-state index contributed by atoms with van der Waals surface area (Å²) in [6.45, 7) is -0.550. The van der Waals surface area contributed by atoms with Gasteiger partial charge in [0.15, 0.2) is 46.7 Å². The number of phenolic OH excluding ortho intramolecular Hbond substituents is 3. The predicted molar refractivity (Wildman–Crippen MR) is 230 cm³/mol. The van der Waals surface area contributed by atoms with Crippen molar-refractivity contribution in [1.82, 2.24) is 0 Å². The number of esters is 5. The first-order valence-corrected chi connectivity index (χ1v) is 20.4. The highest BCUT2D eigenvalue weighted by atomic mass is 16.8. The maximum atomic E-state index is 13.7. The van der Waals surface area contributed by atoms with E-state index in [1.807, 2.05) is 0 Å². The van der Waals surface area contributed by atoms with Crippen LogP contribution in [-0.4, -0.2) is 156 Å². The van der Waals surface area contributed by atoms with Crippen molar-refractivity contribution in [2.45, 2.75) is 68.7 Å². The lowest BCUT2D eigenvalue weighted by molar-refractivity contribution is -0.383. The van der Waals surface area contributed by atoms with E-state index in [4.69, 9.17) is 52.1 Å². The van der Waals surface area contributed by atoms with Crippen molar-refractivity contribution in [2.75, 3.05) is 41.2 Å². The molecule has 9 atom stereocenters. The topological polar surface area (TPSA) is 308 Å². The summed E-state index contributed by atoms with van der Waals surface area (Å²) in [5.41, 5.74) is 1.12. The molecule has 366 valence electrons. The molecule has 9 unspecified atom stereocenters. The first-order valence-electron chi connectivity index (χ1n) is 20.4. The van der Waals surface area contributed by atoms with Crippen molar-refractivity contribution < 1.29 is 107 Å². The van der Waals surface area contributed by atoms with Crippen LogP contribution in [0.4, 0.5) is 0 Å². The van der Waals surface area contributed by atoms with E-state index in [0.29, 0.717) is 16.7 Å². The quantitative estimate of drug-likeness (QED) is 0.0566. The van der Waals surface area contributed by atoms with Gasteiger partial charge in [-0.1, -0.05) is 18.2 Å². The van der Waals surface area contributed by atoms with Crippen molar-refractivity contribution in [3.05, 3.63) is 89.5 Å². The van der Waals surface area contributed by atoms with Crippen LogP contribution in [0.15, 0.2) is 72.8 Å². The van der Waals surface area contributed by atoms with Crippen LogP contribution in [0.25, 0.3) is 18.2 Å². The van der Waals surface area contributed by atoms with E-state index in [1.54, 1.807) is 0 Å². The molecule has 3 aromatic rings. The average molecular weight is 955 g/mol. The summed E-state index contributed by atoms with van der Waals surface area (Å²) >= 11 is 0. The maximum absolute atomic E-state index is 13.7. The standard InChI is InChI=1S/C46H50O22/c1-24(47)61-21-35-40(55)42(57)43(64-25(2)48)45(65-35)68-46(23-63-38(53)16-10-27-7-13-30(50)33(19-27)59-4)44(66-39(54)17-11-28-8-14-31(51)34(20-28)60-5)41(56)36(67-46)22-62-37(52)15-9-26-6-12-29(49)32(18-26)58-3/h6-20,35-36,40-45,49-51,55-57H,21-23H2,1-5H3. The number of hydrogen-bond acceptors (Lipinski definition) is 22. The zero-order chi connectivity index (χ0) is 49.7. The van der Waals surface area contributed by atoms with Gasteiger partial charge in [0.1, 0.15) is 50.3 Å². The fraction of sp³-hybridized carbons (Fsp3) is 0.370. The number of methoxy groups -OCH3 is 3. The summed E-state index contributed by atoms with van der Waals surface area (Å²) < 4.78 is 60.6. The second kappa shape index (κ2) is 23.5. The zero-order valence-corrected chi connectivity index (χ0v) is 37.1. The van der Waals surface area contributed by atoms with E-state index < -0.39 is 104 Å². The van der Waals surface area contributed by atoms with Crippen LogP contribution >= 0.6 is 0 Å². The Kier molecular flexibility index (Phi) is 17.9. The highest BCUT2D eigenvalue weighted by Gasteiger charge is 2.62. The van der Waals surface area contributed by atoms with Gasteiger partial charge in [0.05, 0.1) is 21.3 Å². The molecule has 2 aliphatic rings. The molecule has 0 saturated carbocycles. The van der Waals surface area contributed by atoms with Gasteiger partial charge in [-0.2, -0.15) is 0 Å². The van der Waals surface area contributed by atoms with Crippen molar-refractivity contribution in [2.24, 2.45) is 0 Å². The number of rotatable bonds is 19. The number of carbonyl (C=O) groups excluding carboxylic acids is 5. The third-order valence-corrected chi connectivity index (χ3v) is 10.1. The number of phenols is 3. The number of aliphatic hydroxyl groups is 3. The molecule has 22 nitrogen and oxygen atoms in total. The van der Waals surface area contributed by atoms with Gasteiger partial charge in [0, 0.05) is 32.1 Å². The first-order chi connectivity index (χ1) is 32.4. The Labute approximate surface area is 388 Å². The summed E-state index contributed by atoms with van der Waals surface area (Å²) in [6, 6.07) is 12.5. The van der Waals surface area contributed by atoms with Gasteiger partial charge in [-0.3, -0.25) is 9.59 Å². The summed E-state index contributed by atoms with van der Waals surface area (Å²) in [7, 11) is 3.96. The second-order valence-electron chi connectivity index (χ2n) is 14.9. The molecule has 0 aromatic heterocycles. The molecule has 2 aliphatic heterocycles.